The van der Waals surface area contributed by atoms with E-state index in [0.29, 0.717) is 36.7 Å². The minimum atomic E-state index is -2.65. The monoisotopic (exact) mass is 505 g/mol. The lowest BCUT2D eigenvalue weighted by Crippen LogP contribution is -2.37. The first kappa shape index (κ1) is 24.3. The van der Waals surface area contributed by atoms with E-state index in [1.807, 2.05) is 42.2 Å². The molecule has 190 valence electrons. The maximum absolute atomic E-state index is 12.9. The van der Waals surface area contributed by atoms with Gasteiger partial charge in [0.25, 0.3) is 18.2 Å². The Kier molecular flexibility index (Phi) is 6.76. The van der Waals surface area contributed by atoms with Crippen LogP contribution in [0.15, 0.2) is 60.9 Å². The highest BCUT2D eigenvalue weighted by Crippen LogP contribution is 2.23. The fourth-order valence-electron chi connectivity index (χ4n) is 4.39. The fraction of sp³-hybridized carbons (Fsp3) is 0.269. The maximum Gasteiger partial charge on any atom is 0.271 e. The van der Waals surface area contributed by atoms with Crippen LogP contribution in [-0.2, 0) is 0 Å². The maximum atomic E-state index is 12.9. The number of imidazole rings is 1. The van der Waals surface area contributed by atoms with Crippen LogP contribution < -0.4 is 15.5 Å². The lowest BCUT2D eigenvalue weighted by molar-refractivity contribution is 0.0884. The fourth-order valence-corrected chi connectivity index (χ4v) is 4.39. The van der Waals surface area contributed by atoms with Crippen molar-refractivity contribution in [3.63, 3.8) is 0 Å². The summed E-state index contributed by atoms with van der Waals surface area (Å²) >= 11 is 0. The number of rotatable bonds is 7. The van der Waals surface area contributed by atoms with E-state index in [2.05, 4.69) is 25.7 Å². The lowest BCUT2D eigenvalue weighted by atomic mass is 10.0. The molecule has 37 heavy (non-hydrogen) atoms. The van der Waals surface area contributed by atoms with Crippen molar-refractivity contribution >= 4 is 23.3 Å². The van der Waals surface area contributed by atoms with Crippen LogP contribution >= 0.6 is 0 Å². The Hall–Kier alpha value is -4.41. The van der Waals surface area contributed by atoms with Gasteiger partial charge >= 0.3 is 0 Å². The molecule has 4 aromatic rings. The van der Waals surface area contributed by atoms with Gasteiger partial charge in [-0.3, -0.25) is 14.6 Å². The number of carbonyl (C=O) groups excluding carboxylic acids is 2. The third-order valence-electron chi connectivity index (χ3n) is 6.27. The number of pyridine rings is 1. The predicted molar refractivity (Wildman–Crippen MR) is 134 cm³/mol. The van der Waals surface area contributed by atoms with Crippen LogP contribution in [-0.4, -0.2) is 63.5 Å². The molecular weight excluding hydrogens is 480 g/mol. The van der Waals surface area contributed by atoms with Gasteiger partial charge in [-0.1, -0.05) is 30.3 Å². The highest BCUT2D eigenvalue weighted by molar-refractivity contribution is 5.93. The summed E-state index contributed by atoms with van der Waals surface area (Å²) < 4.78 is 26.3. The number of fused-ring (bicyclic) bond motifs is 1. The van der Waals surface area contributed by atoms with Crippen molar-refractivity contribution in [2.45, 2.75) is 25.8 Å². The number of anilines is 1. The van der Waals surface area contributed by atoms with E-state index in [1.165, 1.54) is 10.7 Å². The molecule has 1 aliphatic rings. The molecular formula is C26H25F2N7O2. The minimum Gasteiger partial charge on any atom is -0.353 e. The average Bonchev–Trinajstić information content (AvgIpc) is 3.54. The zero-order valence-corrected chi connectivity index (χ0v) is 20.1. The number of amides is 2. The molecule has 0 saturated carbocycles. The number of nitrogens with one attached hydrogen (secondary N) is 2. The zero-order valence-electron chi connectivity index (χ0n) is 20.1. The Balaban J connectivity index is 1.25. The number of alkyl halides is 2. The van der Waals surface area contributed by atoms with E-state index < -0.39 is 18.9 Å². The highest BCUT2D eigenvalue weighted by atomic mass is 19.3. The molecule has 0 spiro atoms. The first-order valence-electron chi connectivity index (χ1n) is 11.9. The van der Waals surface area contributed by atoms with Crippen LogP contribution in [0.1, 0.15) is 33.0 Å². The molecule has 5 rings (SSSR count). The molecule has 1 fully saturated rings. The molecule has 11 heteroatoms. The van der Waals surface area contributed by atoms with E-state index in [4.69, 9.17) is 0 Å². The molecule has 1 atom stereocenters. The van der Waals surface area contributed by atoms with Gasteiger partial charge in [0.1, 0.15) is 11.5 Å². The molecule has 4 heterocycles. The summed E-state index contributed by atoms with van der Waals surface area (Å²) in [6, 6.07) is 15.1. The predicted octanol–water partition coefficient (Wildman–Crippen LogP) is 3.10. The van der Waals surface area contributed by atoms with Crippen molar-refractivity contribution < 1.29 is 18.4 Å². The van der Waals surface area contributed by atoms with Crippen LogP contribution in [0, 0.1) is 6.92 Å². The Morgan fingerprint density at radius 3 is 2.65 bits per heavy atom. The SMILES string of the molecule is Cc1cc(C(=O)N[C@H]2CCN(c3ccc4ncc(C(=O)NCC(F)F)n4n3)C2)ncc1-c1ccccc1. The lowest BCUT2D eigenvalue weighted by Gasteiger charge is -2.18. The molecule has 1 saturated heterocycles. The Labute approximate surface area is 211 Å². The normalized spacial score (nSPS) is 15.4. The van der Waals surface area contributed by atoms with E-state index in [0.717, 1.165) is 16.7 Å². The second-order valence-corrected chi connectivity index (χ2v) is 8.86. The third-order valence-corrected chi connectivity index (χ3v) is 6.27. The minimum absolute atomic E-state index is 0.0712. The smallest absolute Gasteiger partial charge is 0.271 e. The van der Waals surface area contributed by atoms with E-state index in [1.54, 1.807) is 24.4 Å². The van der Waals surface area contributed by atoms with Gasteiger partial charge in [-0.05, 0) is 42.7 Å². The largest absolute Gasteiger partial charge is 0.353 e. The number of halogens is 2. The van der Waals surface area contributed by atoms with Gasteiger partial charge in [0.05, 0.1) is 12.7 Å². The van der Waals surface area contributed by atoms with Gasteiger partial charge in [-0.2, -0.15) is 0 Å². The van der Waals surface area contributed by atoms with E-state index >= 15 is 0 Å². The molecule has 0 bridgehead atoms. The van der Waals surface area contributed by atoms with Gasteiger partial charge in [0.15, 0.2) is 11.3 Å². The number of carbonyl (C=O) groups is 2. The molecule has 0 radical (unpaired) electrons. The van der Waals surface area contributed by atoms with Crippen molar-refractivity contribution in [3.8, 4) is 11.1 Å². The number of benzene rings is 1. The van der Waals surface area contributed by atoms with Crippen LogP contribution in [0.2, 0.25) is 0 Å². The Bertz CT molecular complexity index is 1440. The average molecular weight is 506 g/mol. The number of hydrogen-bond donors (Lipinski definition) is 2. The van der Waals surface area contributed by atoms with Crippen LogP contribution in [0.5, 0.6) is 0 Å². The molecule has 0 unspecified atom stereocenters. The summed E-state index contributed by atoms with van der Waals surface area (Å²) in [5, 5.41) is 9.71. The van der Waals surface area contributed by atoms with Crippen LogP contribution in [0.3, 0.4) is 0 Å². The first-order valence-corrected chi connectivity index (χ1v) is 11.9. The van der Waals surface area contributed by atoms with Crippen molar-refractivity contribution in [2.24, 2.45) is 0 Å². The Morgan fingerprint density at radius 1 is 1.08 bits per heavy atom. The van der Waals surface area contributed by atoms with Gasteiger partial charge in [-0.25, -0.2) is 18.3 Å². The van der Waals surface area contributed by atoms with E-state index in [-0.39, 0.29) is 17.6 Å². The third kappa shape index (κ3) is 5.25. The van der Waals surface area contributed by atoms with Gasteiger partial charge in [0, 0.05) is 30.9 Å². The van der Waals surface area contributed by atoms with Crippen molar-refractivity contribution in [2.75, 3.05) is 24.5 Å². The summed E-state index contributed by atoms with van der Waals surface area (Å²) in [7, 11) is 0. The van der Waals surface area contributed by atoms with Gasteiger partial charge in [-0.15, -0.1) is 5.10 Å². The molecule has 1 aromatic carbocycles. The number of aromatic nitrogens is 4. The molecule has 9 nitrogen and oxygen atoms in total. The standard InChI is InChI=1S/C26H25F2N7O2/c1-16-11-20(29-12-19(16)17-5-3-2-4-6-17)25(36)32-18-9-10-34(15-18)24-8-7-23-30-13-21(35(23)33-24)26(37)31-14-22(27)28/h2-8,11-13,18,22H,9-10,14-15H2,1H3,(H,31,37)(H,32,36)/t18-/m0/s1. The second kappa shape index (κ2) is 10.3. The quantitative estimate of drug-likeness (QED) is 0.400. The van der Waals surface area contributed by atoms with Crippen molar-refractivity contribution in [1.29, 1.82) is 0 Å². The number of nitrogens with zero attached hydrogens (tertiary/aromatic N) is 5. The zero-order chi connectivity index (χ0) is 25.9. The highest BCUT2D eigenvalue weighted by Gasteiger charge is 2.26. The van der Waals surface area contributed by atoms with Gasteiger partial charge in [0.2, 0.25) is 0 Å². The topological polar surface area (TPSA) is 105 Å². The van der Waals surface area contributed by atoms with E-state index in [9.17, 15) is 18.4 Å². The molecule has 3 aromatic heterocycles. The van der Waals surface area contributed by atoms with Crippen LogP contribution in [0.4, 0.5) is 14.6 Å². The van der Waals surface area contributed by atoms with Crippen molar-refractivity contribution in [1.82, 2.24) is 30.2 Å². The summed E-state index contributed by atoms with van der Waals surface area (Å²) in [6.45, 7) is 2.37. The second-order valence-electron chi connectivity index (χ2n) is 8.86. The summed E-state index contributed by atoms with van der Waals surface area (Å²) in [5.41, 5.74) is 3.84. The molecule has 2 N–H and O–H groups in total. The number of hydrogen-bond acceptors (Lipinski definition) is 6. The molecule has 2 amide bonds. The summed E-state index contributed by atoms with van der Waals surface area (Å²) in [6.07, 6.45) is 1.08. The summed E-state index contributed by atoms with van der Waals surface area (Å²) in [4.78, 5) is 35.7. The molecule has 1 aliphatic heterocycles. The first-order chi connectivity index (χ1) is 17.9. The Morgan fingerprint density at radius 2 is 1.89 bits per heavy atom. The summed E-state index contributed by atoms with van der Waals surface area (Å²) in [5.74, 6) is -0.331. The van der Waals surface area contributed by atoms with Gasteiger partial charge < -0.3 is 15.5 Å². The molecule has 0 aliphatic carbocycles. The van der Waals surface area contributed by atoms with Crippen molar-refractivity contribution in [3.05, 3.63) is 77.9 Å². The number of aryl methyl sites for hydroxylation is 1. The van der Waals surface area contributed by atoms with Crippen LogP contribution in [0.25, 0.3) is 16.8 Å².